The van der Waals surface area contributed by atoms with Gasteiger partial charge in [0.25, 0.3) is 0 Å². The normalized spacial score (nSPS) is 11.4. The maximum absolute atomic E-state index is 11.9. The third-order valence-corrected chi connectivity index (χ3v) is 3.81. The van der Waals surface area contributed by atoms with Crippen molar-refractivity contribution in [3.63, 3.8) is 0 Å². The topological polar surface area (TPSA) is 50.1 Å². The molecule has 4 heteroatoms. The molecule has 3 nitrogen and oxygen atoms in total. The van der Waals surface area contributed by atoms with Crippen molar-refractivity contribution in [2.45, 2.75) is 17.4 Å². The number of rotatable bonds is 6. The molecule has 0 fully saturated rings. The van der Waals surface area contributed by atoms with Gasteiger partial charge in [0, 0.05) is 4.90 Å². The molecule has 1 atom stereocenters. The Morgan fingerprint density at radius 1 is 1.10 bits per heavy atom. The van der Waals surface area contributed by atoms with Crippen molar-refractivity contribution in [1.82, 2.24) is 0 Å². The Hall–Kier alpha value is -2.25. The number of esters is 1. The lowest BCUT2D eigenvalue weighted by Gasteiger charge is -2.15. The minimum absolute atomic E-state index is 0.158. The number of thioether (sulfide) groups is 1. The lowest BCUT2D eigenvalue weighted by atomic mass is 10.1. The molecule has 0 saturated heterocycles. The van der Waals surface area contributed by atoms with E-state index in [1.165, 1.54) is 11.8 Å². The van der Waals surface area contributed by atoms with Gasteiger partial charge in [-0.3, -0.25) is 4.79 Å². The molecule has 0 saturated carbocycles. The fourth-order valence-electron chi connectivity index (χ4n) is 1.83. The van der Waals surface area contributed by atoms with Gasteiger partial charge in [0.15, 0.2) is 0 Å². The molecule has 0 aliphatic heterocycles. The van der Waals surface area contributed by atoms with E-state index < -0.39 is 6.10 Å². The van der Waals surface area contributed by atoms with Crippen molar-refractivity contribution in [3.8, 4) is 6.07 Å². The Balaban J connectivity index is 1.91. The summed E-state index contributed by atoms with van der Waals surface area (Å²) in [6.07, 6.45) is -0.341. The van der Waals surface area contributed by atoms with Gasteiger partial charge in [-0.05, 0) is 17.7 Å². The number of carbonyl (C=O) groups excluding carboxylic acids is 1. The monoisotopic (exact) mass is 297 g/mol. The molecule has 2 aromatic carbocycles. The average Bonchev–Trinajstić information content (AvgIpc) is 2.54. The quantitative estimate of drug-likeness (QED) is 0.598. The number of nitriles is 1. The summed E-state index contributed by atoms with van der Waals surface area (Å²) in [7, 11) is 0. The van der Waals surface area contributed by atoms with Crippen LogP contribution in [0.15, 0.2) is 65.6 Å². The van der Waals surface area contributed by atoms with Crippen molar-refractivity contribution in [2.24, 2.45) is 0 Å². The van der Waals surface area contributed by atoms with Gasteiger partial charge in [-0.2, -0.15) is 5.26 Å². The van der Waals surface area contributed by atoms with E-state index in [4.69, 9.17) is 10.00 Å². The first-order chi connectivity index (χ1) is 10.3. The van der Waals surface area contributed by atoms with Crippen LogP contribution in [0.25, 0.3) is 0 Å². The summed E-state index contributed by atoms with van der Waals surface area (Å²) >= 11 is 1.43. The van der Waals surface area contributed by atoms with E-state index in [1.807, 2.05) is 60.7 Å². The molecule has 2 aromatic rings. The van der Waals surface area contributed by atoms with Gasteiger partial charge in [-0.1, -0.05) is 48.5 Å². The summed E-state index contributed by atoms with van der Waals surface area (Å²) in [6.45, 7) is 0. The van der Waals surface area contributed by atoms with Crippen LogP contribution in [0.5, 0.6) is 0 Å². The first kappa shape index (κ1) is 15.1. The van der Waals surface area contributed by atoms with E-state index in [-0.39, 0.29) is 18.1 Å². The lowest BCUT2D eigenvalue weighted by molar-refractivity contribution is -0.145. The maximum atomic E-state index is 11.9. The zero-order chi connectivity index (χ0) is 14.9. The van der Waals surface area contributed by atoms with Crippen LogP contribution >= 0.6 is 11.8 Å². The van der Waals surface area contributed by atoms with Crippen molar-refractivity contribution in [3.05, 3.63) is 66.2 Å². The van der Waals surface area contributed by atoms with E-state index in [2.05, 4.69) is 6.07 Å². The van der Waals surface area contributed by atoms with E-state index >= 15 is 0 Å². The Kier molecular flexibility index (Phi) is 5.86. The molecule has 0 heterocycles. The largest absolute Gasteiger partial charge is 0.456 e. The first-order valence-electron chi connectivity index (χ1n) is 6.59. The van der Waals surface area contributed by atoms with Crippen LogP contribution in [0, 0.1) is 11.3 Å². The standard InChI is InChI=1S/C17H15NO2S/c18-12-11-16(14-7-3-1-4-8-14)20-17(19)13-21-15-9-5-2-6-10-15/h1-10,16H,11,13H2/t16-/m0/s1. The van der Waals surface area contributed by atoms with E-state index in [0.29, 0.717) is 0 Å². The Labute approximate surface area is 128 Å². The second kappa shape index (κ2) is 8.13. The number of carbonyl (C=O) groups is 1. The highest BCUT2D eigenvalue weighted by atomic mass is 32.2. The van der Waals surface area contributed by atoms with Crippen LogP contribution < -0.4 is 0 Å². The Bertz CT molecular complexity index is 608. The van der Waals surface area contributed by atoms with Gasteiger partial charge in [0.2, 0.25) is 0 Å². The molecule has 0 aliphatic rings. The Morgan fingerprint density at radius 2 is 1.71 bits per heavy atom. The maximum Gasteiger partial charge on any atom is 0.316 e. The highest BCUT2D eigenvalue weighted by Crippen LogP contribution is 2.23. The molecule has 0 amide bonds. The van der Waals surface area contributed by atoms with Crippen molar-refractivity contribution in [2.75, 3.05) is 5.75 Å². The van der Waals surface area contributed by atoms with E-state index in [1.54, 1.807) is 0 Å². The van der Waals surface area contributed by atoms with E-state index in [9.17, 15) is 4.79 Å². The van der Waals surface area contributed by atoms with Gasteiger partial charge in [0.05, 0.1) is 18.2 Å². The van der Waals surface area contributed by atoms with Crippen LogP contribution in [0.4, 0.5) is 0 Å². The number of benzene rings is 2. The van der Waals surface area contributed by atoms with Gasteiger partial charge in [-0.25, -0.2) is 0 Å². The molecular formula is C17H15NO2S. The second-order valence-electron chi connectivity index (χ2n) is 4.35. The van der Waals surface area contributed by atoms with Crippen molar-refractivity contribution >= 4 is 17.7 Å². The summed E-state index contributed by atoms with van der Waals surface area (Å²) in [6, 6.07) is 21.1. The summed E-state index contributed by atoms with van der Waals surface area (Å²) in [4.78, 5) is 12.9. The zero-order valence-electron chi connectivity index (χ0n) is 11.4. The third-order valence-electron chi connectivity index (χ3n) is 2.82. The molecule has 2 rings (SSSR count). The molecule has 21 heavy (non-hydrogen) atoms. The highest BCUT2D eigenvalue weighted by Gasteiger charge is 2.16. The van der Waals surface area contributed by atoms with E-state index in [0.717, 1.165) is 10.5 Å². The highest BCUT2D eigenvalue weighted by molar-refractivity contribution is 8.00. The second-order valence-corrected chi connectivity index (χ2v) is 5.40. The smallest absolute Gasteiger partial charge is 0.316 e. The number of hydrogen-bond donors (Lipinski definition) is 0. The van der Waals surface area contributed by atoms with Crippen molar-refractivity contribution < 1.29 is 9.53 Å². The van der Waals surface area contributed by atoms with Gasteiger partial charge >= 0.3 is 5.97 Å². The van der Waals surface area contributed by atoms with Gasteiger partial charge in [0.1, 0.15) is 6.10 Å². The molecule has 0 aromatic heterocycles. The zero-order valence-corrected chi connectivity index (χ0v) is 12.3. The molecule has 106 valence electrons. The average molecular weight is 297 g/mol. The number of ether oxygens (including phenoxy) is 1. The van der Waals surface area contributed by atoms with Crippen molar-refractivity contribution in [1.29, 1.82) is 5.26 Å². The van der Waals surface area contributed by atoms with Crippen LogP contribution in [-0.4, -0.2) is 11.7 Å². The molecule has 0 spiro atoms. The van der Waals surface area contributed by atoms with Crippen LogP contribution in [0.1, 0.15) is 18.1 Å². The molecular weight excluding hydrogens is 282 g/mol. The molecule has 0 bridgehead atoms. The molecule has 0 radical (unpaired) electrons. The molecule has 0 N–H and O–H groups in total. The first-order valence-corrected chi connectivity index (χ1v) is 7.57. The number of nitrogens with zero attached hydrogens (tertiary/aromatic N) is 1. The van der Waals surface area contributed by atoms with Gasteiger partial charge in [-0.15, -0.1) is 11.8 Å². The number of hydrogen-bond acceptors (Lipinski definition) is 4. The Morgan fingerprint density at radius 3 is 2.33 bits per heavy atom. The SMILES string of the molecule is N#CC[C@H](OC(=O)CSc1ccccc1)c1ccccc1. The lowest BCUT2D eigenvalue weighted by Crippen LogP contribution is -2.13. The summed E-state index contributed by atoms with van der Waals surface area (Å²) in [5, 5.41) is 8.87. The third kappa shape index (κ3) is 4.97. The summed E-state index contributed by atoms with van der Waals surface area (Å²) in [5.74, 6) is -0.0772. The fraction of sp³-hybridized carbons (Fsp3) is 0.176. The summed E-state index contributed by atoms with van der Waals surface area (Å²) in [5.41, 5.74) is 0.845. The fourth-order valence-corrected chi connectivity index (χ4v) is 2.53. The predicted octanol–water partition coefficient (Wildman–Crippen LogP) is 3.98. The molecule has 0 unspecified atom stereocenters. The van der Waals surface area contributed by atoms with Crippen LogP contribution in [-0.2, 0) is 9.53 Å². The minimum Gasteiger partial charge on any atom is -0.456 e. The molecule has 0 aliphatic carbocycles. The predicted molar refractivity (Wildman–Crippen MR) is 82.7 cm³/mol. The minimum atomic E-state index is -0.500. The van der Waals surface area contributed by atoms with Gasteiger partial charge < -0.3 is 4.74 Å². The summed E-state index contributed by atoms with van der Waals surface area (Å²) < 4.78 is 5.42. The van der Waals surface area contributed by atoms with Crippen LogP contribution in [0.2, 0.25) is 0 Å². The van der Waals surface area contributed by atoms with Crippen LogP contribution in [0.3, 0.4) is 0 Å².